The summed E-state index contributed by atoms with van der Waals surface area (Å²) in [5, 5.41) is 21.1. The molecule has 1 aromatic carbocycles. The second-order valence-electron chi connectivity index (χ2n) is 4.85. The van der Waals surface area contributed by atoms with Crippen LogP contribution in [0.25, 0.3) is 0 Å². The highest BCUT2D eigenvalue weighted by Crippen LogP contribution is 2.32. The van der Waals surface area contributed by atoms with Crippen LogP contribution in [0.1, 0.15) is 5.56 Å². The molecule has 1 amide bonds. The number of nitrogens with one attached hydrogen (secondary N) is 1. The molecule has 1 aromatic rings. The zero-order valence-corrected chi connectivity index (χ0v) is 15.5. The molecule has 9 heteroatoms. The number of aliphatic hydroxyl groups excluding tert-OH is 1. The highest BCUT2D eigenvalue weighted by molar-refractivity contribution is 14.1. The second-order valence-corrected chi connectivity index (χ2v) is 6.42. The van der Waals surface area contributed by atoms with Crippen LogP contribution < -0.4 is 5.32 Å². The number of methoxy groups -OCH3 is 1. The third-order valence-corrected chi connectivity index (χ3v) is 4.52. The number of esters is 1. The van der Waals surface area contributed by atoms with E-state index in [4.69, 9.17) is 26.7 Å². The van der Waals surface area contributed by atoms with Crippen molar-refractivity contribution in [2.45, 2.75) is 0 Å². The minimum absolute atomic E-state index is 0.0406. The van der Waals surface area contributed by atoms with Gasteiger partial charge in [0.1, 0.15) is 5.70 Å². The molecular weight excluding hydrogens is 449 g/mol. The molecule has 126 valence electrons. The Bertz CT molecular complexity index is 749. The minimum atomic E-state index is -0.633. The van der Waals surface area contributed by atoms with E-state index in [9.17, 15) is 9.59 Å². The summed E-state index contributed by atoms with van der Waals surface area (Å²) in [6.07, 6.45) is 0. The number of amides is 1. The van der Waals surface area contributed by atoms with Gasteiger partial charge >= 0.3 is 5.97 Å². The van der Waals surface area contributed by atoms with Crippen LogP contribution >= 0.6 is 34.2 Å². The summed E-state index contributed by atoms with van der Waals surface area (Å²) in [5.74, 6) is -1.06. The van der Waals surface area contributed by atoms with Crippen molar-refractivity contribution < 1.29 is 19.4 Å². The number of halogens is 2. The Morgan fingerprint density at radius 2 is 2.29 bits per heavy atom. The molecule has 0 saturated carbocycles. The number of ether oxygens (including phenoxy) is 1. The topological polar surface area (TPSA) is 103 Å². The minimum Gasteiger partial charge on any atom is -0.466 e. The highest BCUT2D eigenvalue weighted by atomic mass is 127. The van der Waals surface area contributed by atoms with E-state index in [0.29, 0.717) is 14.8 Å². The van der Waals surface area contributed by atoms with Crippen LogP contribution in [0, 0.1) is 14.9 Å². The summed E-state index contributed by atoms with van der Waals surface area (Å²) in [6, 6.07) is 5.07. The van der Waals surface area contributed by atoms with Gasteiger partial charge < -0.3 is 20.1 Å². The van der Waals surface area contributed by atoms with Crippen LogP contribution in [-0.2, 0) is 14.3 Å². The maximum Gasteiger partial charge on any atom is 0.337 e. The Morgan fingerprint density at radius 3 is 2.83 bits per heavy atom. The molecule has 0 fully saturated rings. The van der Waals surface area contributed by atoms with Crippen LogP contribution in [0.15, 0.2) is 23.4 Å². The molecule has 0 bridgehead atoms. The largest absolute Gasteiger partial charge is 0.466 e. The normalized spacial score (nSPS) is 14.0. The Morgan fingerprint density at radius 1 is 1.58 bits per heavy atom. The van der Waals surface area contributed by atoms with Crippen molar-refractivity contribution in [2.24, 2.45) is 0 Å². The fraction of sp³-hybridized carbons (Fsp3) is 0.267. The molecule has 0 spiro atoms. The molecule has 0 aromatic heterocycles. The fourth-order valence-electron chi connectivity index (χ4n) is 2.23. The lowest BCUT2D eigenvalue weighted by Crippen LogP contribution is -2.31. The van der Waals surface area contributed by atoms with Crippen molar-refractivity contribution in [1.82, 2.24) is 4.90 Å². The Hall–Kier alpha value is -1.83. The number of carbonyl (C=O) groups is 2. The van der Waals surface area contributed by atoms with Crippen molar-refractivity contribution >= 4 is 51.8 Å². The SMILES string of the molecule is COC(=O)C1=C(Nc2c(Cl)cc(C#N)cc2I)C(=O)N(CCO)C1. The number of nitriles is 1. The Kier molecular flexibility index (Phi) is 6.04. The molecule has 0 saturated heterocycles. The Balaban J connectivity index is 2.43. The van der Waals surface area contributed by atoms with E-state index in [1.807, 2.05) is 28.7 Å². The third kappa shape index (κ3) is 3.63. The zero-order valence-electron chi connectivity index (χ0n) is 12.6. The number of anilines is 1. The predicted molar refractivity (Wildman–Crippen MR) is 95.2 cm³/mol. The summed E-state index contributed by atoms with van der Waals surface area (Å²) in [4.78, 5) is 25.7. The Labute approximate surface area is 157 Å². The lowest BCUT2D eigenvalue weighted by Gasteiger charge is -2.16. The van der Waals surface area contributed by atoms with Crippen LogP contribution in [-0.4, -0.2) is 48.7 Å². The molecule has 1 heterocycles. The lowest BCUT2D eigenvalue weighted by molar-refractivity contribution is -0.136. The monoisotopic (exact) mass is 461 g/mol. The summed E-state index contributed by atoms with van der Waals surface area (Å²) < 4.78 is 5.34. The maximum absolute atomic E-state index is 12.5. The molecule has 0 unspecified atom stereocenters. The first-order valence-corrected chi connectivity index (χ1v) is 8.26. The van der Waals surface area contributed by atoms with Gasteiger partial charge in [-0.1, -0.05) is 11.6 Å². The fourth-order valence-corrected chi connectivity index (χ4v) is 3.42. The van der Waals surface area contributed by atoms with Gasteiger partial charge in [0.15, 0.2) is 0 Å². The van der Waals surface area contributed by atoms with Gasteiger partial charge in [-0.05, 0) is 34.7 Å². The first-order valence-electron chi connectivity index (χ1n) is 6.80. The number of β-amino-alcohol motifs (C(OH)–C–C–N with tert-alkyl or cyclic N) is 1. The predicted octanol–water partition coefficient (Wildman–Crippen LogP) is 1.49. The van der Waals surface area contributed by atoms with Gasteiger partial charge in [0, 0.05) is 10.1 Å². The standard InChI is InChI=1S/C15H13ClIN3O4/c1-24-15(23)9-7-20(2-3-21)14(22)12(9)19-13-10(16)4-8(6-18)5-11(13)17/h4-5,19,21H,2-3,7H2,1H3. The molecule has 0 aliphatic carbocycles. The number of rotatable bonds is 5. The molecule has 7 nitrogen and oxygen atoms in total. The van der Waals surface area contributed by atoms with Crippen molar-refractivity contribution in [3.8, 4) is 6.07 Å². The molecular formula is C15H13ClIN3O4. The van der Waals surface area contributed by atoms with Crippen LogP contribution in [0.3, 0.4) is 0 Å². The third-order valence-electron chi connectivity index (χ3n) is 3.37. The van der Waals surface area contributed by atoms with Crippen LogP contribution in [0.2, 0.25) is 5.02 Å². The van der Waals surface area contributed by atoms with Crippen molar-refractivity contribution in [3.05, 3.63) is 37.6 Å². The van der Waals surface area contributed by atoms with Gasteiger partial charge in [0.05, 0.1) is 48.2 Å². The summed E-state index contributed by atoms with van der Waals surface area (Å²) in [7, 11) is 1.23. The molecule has 0 atom stereocenters. The second kappa shape index (κ2) is 7.83. The number of benzene rings is 1. The van der Waals surface area contributed by atoms with Crippen molar-refractivity contribution in [1.29, 1.82) is 5.26 Å². The first-order chi connectivity index (χ1) is 11.4. The molecule has 1 aliphatic rings. The van der Waals surface area contributed by atoms with Gasteiger partial charge in [-0.15, -0.1) is 0 Å². The van der Waals surface area contributed by atoms with Crippen LogP contribution in [0.4, 0.5) is 5.69 Å². The number of hydrogen-bond acceptors (Lipinski definition) is 6. The summed E-state index contributed by atoms with van der Waals surface area (Å²) in [6.45, 7) is -0.0792. The molecule has 0 radical (unpaired) electrons. The molecule has 1 aliphatic heterocycles. The number of carbonyl (C=O) groups excluding carboxylic acids is 2. The van der Waals surface area contributed by atoms with E-state index >= 15 is 0 Å². The number of hydrogen-bond donors (Lipinski definition) is 2. The lowest BCUT2D eigenvalue weighted by atomic mass is 10.2. The smallest absolute Gasteiger partial charge is 0.337 e. The molecule has 2 rings (SSSR count). The van der Waals surface area contributed by atoms with E-state index in [1.54, 1.807) is 6.07 Å². The highest BCUT2D eigenvalue weighted by Gasteiger charge is 2.35. The van der Waals surface area contributed by atoms with E-state index in [-0.39, 0.29) is 36.0 Å². The van der Waals surface area contributed by atoms with E-state index in [0.717, 1.165) is 0 Å². The van der Waals surface area contributed by atoms with E-state index in [1.165, 1.54) is 18.1 Å². The first kappa shape index (κ1) is 18.5. The summed E-state index contributed by atoms with van der Waals surface area (Å²) in [5.41, 5.74) is 1.02. The van der Waals surface area contributed by atoms with Crippen molar-refractivity contribution in [2.75, 3.05) is 32.1 Å². The van der Waals surface area contributed by atoms with Gasteiger partial charge in [0.2, 0.25) is 0 Å². The average Bonchev–Trinajstić information content (AvgIpc) is 2.86. The van der Waals surface area contributed by atoms with E-state index in [2.05, 4.69) is 5.32 Å². The van der Waals surface area contributed by atoms with Gasteiger partial charge in [-0.3, -0.25) is 4.79 Å². The quantitative estimate of drug-likeness (QED) is 0.509. The summed E-state index contributed by atoms with van der Waals surface area (Å²) >= 11 is 8.16. The molecule has 24 heavy (non-hydrogen) atoms. The molecule has 2 N–H and O–H groups in total. The van der Waals surface area contributed by atoms with E-state index < -0.39 is 11.9 Å². The maximum atomic E-state index is 12.5. The van der Waals surface area contributed by atoms with Gasteiger partial charge in [-0.2, -0.15) is 5.26 Å². The average molecular weight is 462 g/mol. The van der Waals surface area contributed by atoms with Crippen LogP contribution in [0.5, 0.6) is 0 Å². The van der Waals surface area contributed by atoms with Gasteiger partial charge in [0.25, 0.3) is 5.91 Å². The number of aliphatic hydroxyl groups is 1. The van der Waals surface area contributed by atoms with Crippen molar-refractivity contribution in [3.63, 3.8) is 0 Å². The zero-order chi connectivity index (χ0) is 17.9. The van der Waals surface area contributed by atoms with Gasteiger partial charge in [-0.25, -0.2) is 4.79 Å². The number of nitrogens with zero attached hydrogens (tertiary/aromatic N) is 2.